The molecule has 0 N–H and O–H groups in total. The fourth-order valence-electron chi connectivity index (χ4n) is 1.08. The number of hydrogen-bond donors (Lipinski definition) is 0. The second-order valence-electron chi connectivity index (χ2n) is 3.00. The van der Waals surface area contributed by atoms with Gasteiger partial charge in [0, 0.05) is 0 Å². The molecule has 17 heavy (non-hydrogen) atoms. The minimum absolute atomic E-state index is 0. The van der Waals surface area contributed by atoms with Crippen LogP contribution in [0, 0.1) is 0 Å². The quantitative estimate of drug-likeness (QED) is 0.477. The standard InChI is InChI=1S/C8H10O2.C5H4Cl.Fe/c1-2-10-8(9)7-5-3-4-6-7;6-5-3-1-2-4-5;/h3-6,9H,2H2,1H3;1-4H;/q;-1;+2/p-1. The van der Waals surface area contributed by atoms with Gasteiger partial charge in [-0.2, -0.15) is 18.2 Å². The second-order valence-corrected chi connectivity index (χ2v) is 3.43. The third-order valence-electron chi connectivity index (χ3n) is 1.80. The first kappa shape index (κ1) is 16.0. The van der Waals surface area contributed by atoms with Gasteiger partial charge in [-0.15, -0.1) is 11.6 Å². The Balaban J connectivity index is 0.000000316. The van der Waals surface area contributed by atoms with Gasteiger partial charge in [0.15, 0.2) is 0 Å². The minimum Gasteiger partial charge on any atom is -0.613 e. The summed E-state index contributed by atoms with van der Waals surface area (Å²) in [5.74, 6) is -0.243. The molecule has 4 heteroatoms. The summed E-state index contributed by atoms with van der Waals surface area (Å²) in [6, 6.07) is 7.51. The fourth-order valence-corrected chi connectivity index (χ4v) is 1.22. The van der Waals surface area contributed by atoms with E-state index in [1.807, 2.05) is 36.4 Å². The van der Waals surface area contributed by atoms with Crippen LogP contribution >= 0.6 is 11.6 Å². The molecular weight excluding hydrogens is 279 g/mol. The molecule has 92 valence electrons. The van der Waals surface area contributed by atoms with E-state index in [4.69, 9.17) is 16.3 Å². The molecular formula is C13H13ClFeO2. The predicted molar refractivity (Wildman–Crippen MR) is 64.0 cm³/mol. The molecule has 0 spiro atoms. The molecule has 1 aromatic carbocycles. The topological polar surface area (TPSA) is 32.3 Å². The molecule has 0 saturated carbocycles. The maximum Gasteiger partial charge on any atom is 2.00 e. The summed E-state index contributed by atoms with van der Waals surface area (Å²) in [5.41, 5.74) is 0.627. The third-order valence-corrected chi connectivity index (χ3v) is 2.05. The van der Waals surface area contributed by atoms with Gasteiger partial charge in [0.2, 0.25) is 0 Å². The normalized spacial score (nSPS) is 11.5. The summed E-state index contributed by atoms with van der Waals surface area (Å²) >= 11 is 5.46. The van der Waals surface area contributed by atoms with E-state index < -0.39 is 0 Å². The molecule has 0 amide bonds. The maximum absolute atomic E-state index is 10.9. The zero-order valence-electron chi connectivity index (χ0n) is 9.37. The third kappa shape index (κ3) is 6.32. The van der Waals surface area contributed by atoms with Gasteiger partial charge in [-0.1, -0.05) is 36.3 Å². The van der Waals surface area contributed by atoms with Gasteiger partial charge in [-0.25, -0.2) is 6.07 Å². The van der Waals surface area contributed by atoms with E-state index in [2.05, 4.69) is 0 Å². The van der Waals surface area contributed by atoms with Gasteiger partial charge in [0.1, 0.15) is 0 Å². The Labute approximate surface area is 117 Å². The van der Waals surface area contributed by atoms with Crippen LogP contribution in [-0.4, -0.2) is 6.61 Å². The molecule has 1 aliphatic carbocycles. The van der Waals surface area contributed by atoms with Crippen LogP contribution in [0.5, 0.6) is 0 Å². The van der Waals surface area contributed by atoms with Gasteiger partial charge in [-0.3, -0.25) is 0 Å². The van der Waals surface area contributed by atoms with Crippen molar-refractivity contribution >= 4 is 11.6 Å². The van der Waals surface area contributed by atoms with E-state index in [-0.39, 0.29) is 23.0 Å². The molecule has 0 saturated heterocycles. The monoisotopic (exact) mass is 292 g/mol. The smallest absolute Gasteiger partial charge is 0.613 e. The maximum atomic E-state index is 10.9. The van der Waals surface area contributed by atoms with Crippen molar-refractivity contribution in [2.75, 3.05) is 6.61 Å². The summed E-state index contributed by atoms with van der Waals surface area (Å²) in [6.45, 7) is 2.23. The number of halogens is 1. The molecule has 0 radical (unpaired) electrons. The van der Waals surface area contributed by atoms with Gasteiger partial charge < -0.3 is 9.84 Å². The van der Waals surface area contributed by atoms with Crippen molar-refractivity contribution in [1.29, 1.82) is 0 Å². The van der Waals surface area contributed by atoms with Gasteiger partial charge in [-0.05, 0) is 12.2 Å². The molecule has 0 bridgehead atoms. The first-order valence-electron chi connectivity index (χ1n) is 5.00. The van der Waals surface area contributed by atoms with E-state index in [0.717, 1.165) is 5.02 Å². The van der Waals surface area contributed by atoms with Crippen molar-refractivity contribution in [2.45, 2.75) is 6.92 Å². The van der Waals surface area contributed by atoms with Crippen molar-refractivity contribution in [2.24, 2.45) is 0 Å². The molecule has 0 unspecified atom stereocenters. The second kappa shape index (κ2) is 9.06. The number of allylic oxidation sites excluding steroid dienone is 5. The Morgan fingerprint density at radius 2 is 2.06 bits per heavy atom. The van der Waals surface area contributed by atoms with Crippen molar-refractivity contribution < 1.29 is 26.9 Å². The van der Waals surface area contributed by atoms with Crippen molar-refractivity contribution in [1.82, 2.24) is 0 Å². The van der Waals surface area contributed by atoms with Crippen molar-refractivity contribution in [3.63, 3.8) is 0 Å². The van der Waals surface area contributed by atoms with E-state index in [1.54, 1.807) is 19.1 Å². The number of hydrogen-bond acceptors (Lipinski definition) is 2. The summed E-state index contributed by atoms with van der Waals surface area (Å²) < 4.78 is 4.75. The van der Waals surface area contributed by atoms with E-state index in [1.165, 1.54) is 0 Å². The van der Waals surface area contributed by atoms with E-state index >= 15 is 0 Å². The van der Waals surface area contributed by atoms with Crippen molar-refractivity contribution in [3.8, 4) is 0 Å². The van der Waals surface area contributed by atoms with Crippen LogP contribution in [0.4, 0.5) is 0 Å². The summed E-state index contributed by atoms with van der Waals surface area (Å²) in [6.07, 6.45) is 7.09. The Hall–Kier alpha value is -1.02. The van der Waals surface area contributed by atoms with Crippen LogP contribution in [0.3, 0.4) is 0 Å². The Kier molecular flexibility index (Phi) is 8.51. The molecule has 2 rings (SSSR count). The zero-order valence-corrected chi connectivity index (χ0v) is 11.2. The van der Waals surface area contributed by atoms with E-state index in [9.17, 15) is 5.11 Å². The van der Waals surface area contributed by atoms with Crippen molar-refractivity contribution in [3.05, 3.63) is 65.1 Å². The minimum atomic E-state index is -0.243. The Bertz CT molecular complexity index is 378. The summed E-state index contributed by atoms with van der Waals surface area (Å²) in [4.78, 5) is 0. The first-order chi connectivity index (χ1) is 7.74. The van der Waals surface area contributed by atoms with Gasteiger partial charge >= 0.3 is 17.1 Å². The molecule has 0 aliphatic heterocycles. The fraction of sp³-hybridized carbons (Fsp3) is 0.154. The molecule has 0 fully saturated rings. The van der Waals surface area contributed by atoms with Crippen LogP contribution in [0.25, 0.3) is 0 Å². The SMILES string of the molecule is CCOC([O-])=C1C=CC=C1.Clc1ccc[cH-]1.[Fe+2]. The summed E-state index contributed by atoms with van der Waals surface area (Å²) in [7, 11) is 0. The Morgan fingerprint density at radius 1 is 1.41 bits per heavy atom. The molecule has 1 aromatic rings. The predicted octanol–water partition coefficient (Wildman–Crippen LogP) is 2.78. The molecule has 2 nitrogen and oxygen atoms in total. The van der Waals surface area contributed by atoms with Crippen LogP contribution in [0.2, 0.25) is 5.02 Å². The van der Waals surface area contributed by atoms with Crippen LogP contribution in [-0.2, 0) is 21.8 Å². The molecule has 0 heterocycles. The van der Waals surface area contributed by atoms with Gasteiger partial charge in [0.25, 0.3) is 0 Å². The average molecular weight is 293 g/mol. The van der Waals surface area contributed by atoms with Gasteiger partial charge in [0.05, 0.1) is 5.95 Å². The molecule has 0 atom stereocenters. The summed E-state index contributed by atoms with van der Waals surface area (Å²) in [5, 5.41) is 11.7. The number of ether oxygens (including phenoxy) is 1. The van der Waals surface area contributed by atoms with Crippen LogP contribution in [0.1, 0.15) is 6.92 Å². The first-order valence-corrected chi connectivity index (χ1v) is 5.38. The largest absolute Gasteiger partial charge is 2.00 e. The van der Waals surface area contributed by atoms with E-state index in [0.29, 0.717) is 12.2 Å². The number of rotatable bonds is 2. The molecule has 0 aromatic heterocycles. The van der Waals surface area contributed by atoms with Crippen LogP contribution in [0.15, 0.2) is 60.1 Å². The molecule has 1 aliphatic rings. The zero-order chi connectivity index (χ0) is 11.8. The average Bonchev–Trinajstić information content (AvgIpc) is 2.90. The van der Waals surface area contributed by atoms with Crippen LogP contribution < -0.4 is 5.11 Å². The Morgan fingerprint density at radius 3 is 2.41 bits per heavy atom.